The van der Waals surface area contributed by atoms with Crippen LogP contribution in [0.25, 0.3) is 0 Å². The minimum Gasteiger partial charge on any atom is -0.829 e. The lowest BCUT2D eigenvalue weighted by Crippen LogP contribution is -2.68. The Morgan fingerprint density at radius 3 is 2.45 bits per heavy atom. The molecule has 1 amide bonds. The SMILES string of the molecule is CC(=O)N(Cc1ccccc1)[C@H]1C([O-])O[C@H](CO)[C@H](O)[C@@H]1O. The standard InChI is InChI=1S/C15H20NO6/c1-9(18)16(7-10-5-3-2-4-6-10)12-14(20)13(19)11(8-17)22-15(12)21/h2-6,11-15,17,19-20H,7-8H2,1H3/q-1/t11-,12-,13+,14-,15?/m1/s1. The molecule has 122 valence electrons. The zero-order chi connectivity index (χ0) is 16.3. The van der Waals surface area contributed by atoms with Crippen LogP contribution in [0.2, 0.25) is 0 Å². The fraction of sp³-hybridized carbons (Fsp3) is 0.533. The van der Waals surface area contributed by atoms with Gasteiger partial charge in [-0.3, -0.25) is 4.79 Å². The Labute approximate surface area is 128 Å². The third-order valence-electron chi connectivity index (χ3n) is 3.81. The van der Waals surface area contributed by atoms with Crippen LogP contribution >= 0.6 is 0 Å². The van der Waals surface area contributed by atoms with Crippen LogP contribution in [0.3, 0.4) is 0 Å². The highest BCUT2D eigenvalue weighted by Crippen LogP contribution is 2.24. The average molecular weight is 310 g/mol. The summed E-state index contributed by atoms with van der Waals surface area (Å²) in [6, 6.07) is 7.78. The van der Waals surface area contributed by atoms with E-state index in [0.29, 0.717) is 0 Å². The first-order valence-corrected chi connectivity index (χ1v) is 7.05. The number of benzene rings is 1. The number of aliphatic hydroxyl groups excluding tert-OH is 3. The molecule has 7 nitrogen and oxygen atoms in total. The van der Waals surface area contributed by atoms with E-state index in [9.17, 15) is 20.1 Å². The van der Waals surface area contributed by atoms with Gasteiger partial charge in [0.1, 0.15) is 18.3 Å². The predicted octanol–water partition coefficient (Wildman–Crippen LogP) is -1.80. The van der Waals surface area contributed by atoms with Gasteiger partial charge in [0.15, 0.2) is 0 Å². The lowest BCUT2D eigenvalue weighted by atomic mass is 9.95. The molecular weight excluding hydrogens is 290 g/mol. The van der Waals surface area contributed by atoms with E-state index in [-0.39, 0.29) is 6.54 Å². The zero-order valence-electron chi connectivity index (χ0n) is 12.2. The number of amides is 1. The molecule has 0 radical (unpaired) electrons. The zero-order valence-corrected chi connectivity index (χ0v) is 12.2. The Balaban J connectivity index is 2.22. The summed E-state index contributed by atoms with van der Waals surface area (Å²) in [4.78, 5) is 13.1. The first-order valence-electron chi connectivity index (χ1n) is 7.05. The van der Waals surface area contributed by atoms with Crippen LogP contribution in [0.4, 0.5) is 0 Å². The molecule has 2 rings (SSSR count). The minimum absolute atomic E-state index is 0.122. The van der Waals surface area contributed by atoms with Gasteiger partial charge < -0.3 is 30.1 Å². The highest BCUT2D eigenvalue weighted by atomic mass is 16.6. The molecule has 0 bridgehead atoms. The second-order valence-electron chi connectivity index (χ2n) is 5.33. The topological polar surface area (TPSA) is 113 Å². The molecule has 1 aromatic carbocycles. The normalized spacial score (nSPS) is 31.8. The van der Waals surface area contributed by atoms with Gasteiger partial charge in [-0.1, -0.05) is 30.3 Å². The summed E-state index contributed by atoms with van der Waals surface area (Å²) in [6.45, 7) is 0.825. The van der Waals surface area contributed by atoms with Gasteiger partial charge in [0.25, 0.3) is 0 Å². The quantitative estimate of drug-likeness (QED) is 0.605. The number of aliphatic hydroxyl groups is 3. The van der Waals surface area contributed by atoms with E-state index in [4.69, 9.17) is 9.84 Å². The van der Waals surface area contributed by atoms with Crippen LogP contribution < -0.4 is 5.11 Å². The molecule has 1 aliphatic heterocycles. The second-order valence-corrected chi connectivity index (χ2v) is 5.33. The maximum Gasteiger partial charge on any atom is 0.220 e. The number of nitrogens with zero attached hydrogens (tertiary/aromatic N) is 1. The summed E-state index contributed by atoms with van der Waals surface area (Å²) in [7, 11) is 0. The van der Waals surface area contributed by atoms with Crippen molar-refractivity contribution in [3.8, 4) is 0 Å². The highest BCUT2D eigenvalue weighted by Gasteiger charge is 2.43. The number of hydrogen-bond acceptors (Lipinski definition) is 6. The average Bonchev–Trinajstić information content (AvgIpc) is 2.50. The Kier molecular flexibility index (Phi) is 5.49. The van der Waals surface area contributed by atoms with Crippen LogP contribution in [-0.4, -0.2) is 63.4 Å². The van der Waals surface area contributed by atoms with Crippen LogP contribution in [-0.2, 0) is 16.1 Å². The summed E-state index contributed by atoms with van der Waals surface area (Å²) in [5.41, 5.74) is 0.788. The Hall–Kier alpha value is -1.51. The lowest BCUT2D eigenvalue weighted by molar-refractivity contribution is -0.525. The summed E-state index contributed by atoms with van der Waals surface area (Å²) < 4.78 is 4.99. The molecule has 0 aromatic heterocycles. The summed E-state index contributed by atoms with van der Waals surface area (Å²) in [5.74, 6) is -0.410. The van der Waals surface area contributed by atoms with Crippen molar-refractivity contribution in [2.45, 2.75) is 44.1 Å². The molecule has 1 unspecified atom stereocenters. The maximum absolute atomic E-state index is 12.1. The third-order valence-corrected chi connectivity index (χ3v) is 3.81. The summed E-state index contributed by atoms with van der Waals surface area (Å²) in [5, 5.41) is 41.3. The van der Waals surface area contributed by atoms with Crippen LogP contribution in [0.1, 0.15) is 12.5 Å². The highest BCUT2D eigenvalue weighted by molar-refractivity contribution is 5.73. The van der Waals surface area contributed by atoms with Crippen molar-refractivity contribution in [2.24, 2.45) is 0 Å². The molecule has 1 fully saturated rings. The third kappa shape index (κ3) is 3.45. The smallest absolute Gasteiger partial charge is 0.220 e. The number of ether oxygens (including phenoxy) is 1. The number of hydrogen-bond donors (Lipinski definition) is 3. The largest absolute Gasteiger partial charge is 0.829 e. The van der Waals surface area contributed by atoms with Crippen molar-refractivity contribution < 1.29 is 30.0 Å². The number of rotatable bonds is 4. The molecule has 5 atom stereocenters. The van der Waals surface area contributed by atoms with Gasteiger partial charge in [-0.2, -0.15) is 0 Å². The van der Waals surface area contributed by atoms with Gasteiger partial charge in [-0.05, 0) is 5.56 Å². The van der Waals surface area contributed by atoms with Gasteiger partial charge in [0, 0.05) is 19.8 Å². The predicted molar refractivity (Wildman–Crippen MR) is 74.2 cm³/mol. The Morgan fingerprint density at radius 1 is 1.27 bits per heavy atom. The van der Waals surface area contributed by atoms with Crippen LogP contribution in [0.5, 0.6) is 0 Å². The van der Waals surface area contributed by atoms with Gasteiger partial charge >= 0.3 is 0 Å². The van der Waals surface area contributed by atoms with E-state index in [1.807, 2.05) is 6.07 Å². The van der Waals surface area contributed by atoms with Crippen molar-refractivity contribution in [1.29, 1.82) is 0 Å². The van der Waals surface area contributed by atoms with E-state index in [0.717, 1.165) is 5.56 Å². The van der Waals surface area contributed by atoms with E-state index in [1.54, 1.807) is 24.3 Å². The van der Waals surface area contributed by atoms with E-state index >= 15 is 0 Å². The number of carbonyl (C=O) groups excluding carboxylic acids is 1. The van der Waals surface area contributed by atoms with Crippen molar-refractivity contribution >= 4 is 5.91 Å². The fourth-order valence-electron chi connectivity index (χ4n) is 2.61. The van der Waals surface area contributed by atoms with Crippen molar-refractivity contribution in [2.75, 3.05) is 6.61 Å². The molecule has 1 aromatic rings. The molecule has 1 heterocycles. The Bertz CT molecular complexity index is 496. The molecule has 0 spiro atoms. The molecule has 22 heavy (non-hydrogen) atoms. The van der Waals surface area contributed by atoms with Crippen LogP contribution in [0.15, 0.2) is 30.3 Å². The molecule has 7 heteroatoms. The monoisotopic (exact) mass is 310 g/mol. The molecule has 0 aliphatic carbocycles. The van der Waals surface area contributed by atoms with Crippen LogP contribution in [0, 0.1) is 0 Å². The lowest BCUT2D eigenvalue weighted by Gasteiger charge is -2.50. The first-order chi connectivity index (χ1) is 10.5. The Morgan fingerprint density at radius 2 is 1.91 bits per heavy atom. The molecule has 0 saturated carbocycles. The van der Waals surface area contributed by atoms with E-state index in [1.165, 1.54) is 11.8 Å². The van der Waals surface area contributed by atoms with Gasteiger partial charge in [-0.15, -0.1) is 0 Å². The van der Waals surface area contributed by atoms with Crippen molar-refractivity contribution in [1.82, 2.24) is 4.90 Å². The van der Waals surface area contributed by atoms with Gasteiger partial charge in [0.05, 0.1) is 12.6 Å². The minimum atomic E-state index is -1.75. The summed E-state index contributed by atoms with van der Waals surface area (Å²) >= 11 is 0. The first kappa shape index (κ1) is 16.9. The molecule has 1 aliphatic rings. The van der Waals surface area contributed by atoms with Crippen molar-refractivity contribution in [3.63, 3.8) is 0 Å². The maximum atomic E-state index is 12.1. The van der Waals surface area contributed by atoms with Gasteiger partial charge in [-0.25, -0.2) is 0 Å². The molecular formula is C15H20NO6-. The molecule has 1 saturated heterocycles. The van der Waals surface area contributed by atoms with E-state index in [2.05, 4.69) is 0 Å². The van der Waals surface area contributed by atoms with Gasteiger partial charge in [0.2, 0.25) is 5.91 Å². The number of carbonyl (C=O) groups is 1. The fourth-order valence-corrected chi connectivity index (χ4v) is 2.61. The molecule has 3 N–H and O–H groups in total. The summed E-state index contributed by atoms with van der Waals surface area (Å²) in [6.07, 6.45) is -5.82. The van der Waals surface area contributed by atoms with Crippen molar-refractivity contribution in [3.05, 3.63) is 35.9 Å². The van der Waals surface area contributed by atoms with E-state index < -0.39 is 43.2 Å². The second kappa shape index (κ2) is 7.17.